The first-order chi connectivity index (χ1) is 13.0. The normalized spacial score (nSPS) is 28.1. The first-order valence-corrected chi connectivity index (χ1v) is 8.73. The number of benzene rings is 2. The van der Waals surface area contributed by atoms with E-state index in [0.717, 1.165) is 11.1 Å². The minimum atomic E-state index is -1.55. The van der Waals surface area contributed by atoms with Crippen LogP contribution in [0.3, 0.4) is 0 Å². The van der Waals surface area contributed by atoms with E-state index < -0.39 is 49.1 Å². The summed E-state index contributed by atoms with van der Waals surface area (Å²) in [7, 11) is 0. The van der Waals surface area contributed by atoms with Gasteiger partial charge in [-0.05, 0) is 11.1 Å². The van der Waals surface area contributed by atoms with Gasteiger partial charge in [0.1, 0.15) is 24.4 Å². The topological polar surface area (TPSA) is 119 Å². The van der Waals surface area contributed by atoms with Crippen molar-refractivity contribution < 1.29 is 30.0 Å². The van der Waals surface area contributed by atoms with Crippen LogP contribution in [0.1, 0.15) is 17.0 Å². The first-order valence-electron chi connectivity index (χ1n) is 8.73. The van der Waals surface area contributed by atoms with Crippen molar-refractivity contribution in [1.82, 2.24) is 5.32 Å². The van der Waals surface area contributed by atoms with E-state index in [4.69, 9.17) is 4.74 Å². The predicted octanol–water partition coefficient (Wildman–Crippen LogP) is -0.265. The van der Waals surface area contributed by atoms with E-state index in [-0.39, 0.29) is 0 Å². The highest BCUT2D eigenvalue weighted by molar-refractivity contribution is 5.87. The van der Waals surface area contributed by atoms with Gasteiger partial charge in [0.25, 0.3) is 0 Å². The third kappa shape index (κ3) is 4.18. The van der Waals surface area contributed by atoms with Crippen LogP contribution >= 0.6 is 0 Å². The van der Waals surface area contributed by atoms with Crippen molar-refractivity contribution in [2.24, 2.45) is 0 Å². The Labute approximate surface area is 156 Å². The molecule has 144 valence electrons. The van der Waals surface area contributed by atoms with Crippen LogP contribution in [0, 0.1) is 0 Å². The summed E-state index contributed by atoms with van der Waals surface area (Å²) in [6.45, 7) is -0.557. The monoisotopic (exact) mass is 373 g/mol. The number of carbonyl (C=O) groups is 1. The molecule has 0 radical (unpaired) electrons. The molecule has 3 rings (SSSR count). The Bertz CT molecular complexity index is 699. The Morgan fingerprint density at radius 3 is 1.89 bits per heavy atom. The molecule has 2 aromatic rings. The maximum atomic E-state index is 13.0. The number of aliphatic hydroxyl groups is 4. The van der Waals surface area contributed by atoms with Gasteiger partial charge in [-0.2, -0.15) is 0 Å². The van der Waals surface area contributed by atoms with Crippen LogP contribution in [0.25, 0.3) is 0 Å². The van der Waals surface area contributed by atoms with Gasteiger partial charge in [-0.3, -0.25) is 4.79 Å². The molecule has 0 spiro atoms. The molecule has 5 N–H and O–H groups in total. The summed E-state index contributed by atoms with van der Waals surface area (Å²) in [5, 5.41) is 41.8. The maximum Gasteiger partial charge on any atom is 0.234 e. The lowest BCUT2D eigenvalue weighted by Crippen LogP contribution is -2.63. The van der Waals surface area contributed by atoms with Gasteiger partial charge in [0.05, 0.1) is 12.5 Å². The molecule has 0 aliphatic carbocycles. The van der Waals surface area contributed by atoms with Crippen LogP contribution in [-0.2, 0) is 9.53 Å². The number of amides is 1. The zero-order chi connectivity index (χ0) is 19.4. The Morgan fingerprint density at radius 1 is 0.889 bits per heavy atom. The van der Waals surface area contributed by atoms with Crippen molar-refractivity contribution in [3.8, 4) is 0 Å². The largest absolute Gasteiger partial charge is 0.394 e. The third-order valence-electron chi connectivity index (χ3n) is 4.70. The molecule has 1 saturated heterocycles. The molecule has 27 heavy (non-hydrogen) atoms. The molecule has 2 aromatic carbocycles. The summed E-state index contributed by atoms with van der Waals surface area (Å²) in [6.07, 6.45) is -6.90. The van der Waals surface area contributed by atoms with Gasteiger partial charge in [-0.15, -0.1) is 0 Å². The second-order valence-electron chi connectivity index (χ2n) is 6.51. The molecule has 1 aliphatic heterocycles. The average Bonchev–Trinajstić information content (AvgIpc) is 2.70. The minimum absolute atomic E-state index is 0.434. The van der Waals surface area contributed by atoms with Gasteiger partial charge >= 0.3 is 0 Å². The lowest BCUT2D eigenvalue weighted by atomic mass is 9.90. The summed E-state index contributed by atoms with van der Waals surface area (Å²) in [5.74, 6) is -1.09. The van der Waals surface area contributed by atoms with Crippen molar-refractivity contribution in [2.45, 2.75) is 36.6 Å². The quantitative estimate of drug-likeness (QED) is 0.493. The highest BCUT2D eigenvalue weighted by Crippen LogP contribution is 2.26. The summed E-state index contributed by atoms with van der Waals surface area (Å²) in [5.41, 5.74) is 1.51. The Morgan fingerprint density at radius 2 is 1.41 bits per heavy atom. The maximum absolute atomic E-state index is 13.0. The van der Waals surface area contributed by atoms with Crippen molar-refractivity contribution >= 4 is 5.91 Å². The smallest absolute Gasteiger partial charge is 0.234 e. The average molecular weight is 373 g/mol. The second-order valence-corrected chi connectivity index (χ2v) is 6.51. The van der Waals surface area contributed by atoms with E-state index >= 15 is 0 Å². The Balaban J connectivity index is 1.85. The lowest BCUT2D eigenvalue weighted by Gasteiger charge is -2.40. The number of carbonyl (C=O) groups excluding carboxylic acids is 1. The molecule has 1 fully saturated rings. The molecule has 5 atom stereocenters. The Kier molecular flexibility index (Phi) is 6.20. The van der Waals surface area contributed by atoms with E-state index in [1.54, 1.807) is 0 Å². The molecule has 0 saturated carbocycles. The Hall–Kier alpha value is -2.29. The van der Waals surface area contributed by atoms with Crippen molar-refractivity contribution in [1.29, 1.82) is 0 Å². The van der Waals surface area contributed by atoms with Crippen LogP contribution < -0.4 is 5.32 Å². The second kappa shape index (κ2) is 8.60. The van der Waals surface area contributed by atoms with Gasteiger partial charge < -0.3 is 30.5 Å². The minimum Gasteiger partial charge on any atom is -0.394 e. The molecule has 7 heteroatoms. The van der Waals surface area contributed by atoms with Gasteiger partial charge in [0.2, 0.25) is 5.91 Å². The van der Waals surface area contributed by atoms with Gasteiger partial charge in [-0.1, -0.05) is 60.7 Å². The van der Waals surface area contributed by atoms with Crippen LogP contribution in [-0.4, -0.2) is 63.6 Å². The highest BCUT2D eigenvalue weighted by atomic mass is 16.6. The van der Waals surface area contributed by atoms with Crippen molar-refractivity contribution in [3.05, 3.63) is 71.8 Å². The lowest BCUT2D eigenvalue weighted by molar-refractivity contribution is -0.236. The van der Waals surface area contributed by atoms with Crippen molar-refractivity contribution in [3.63, 3.8) is 0 Å². The van der Waals surface area contributed by atoms with E-state index in [9.17, 15) is 25.2 Å². The summed E-state index contributed by atoms with van der Waals surface area (Å²) in [6, 6.07) is 18.3. The molecule has 1 aliphatic rings. The van der Waals surface area contributed by atoms with Crippen LogP contribution in [0.15, 0.2) is 60.7 Å². The third-order valence-corrected chi connectivity index (χ3v) is 4.70. The number of hydrogen-bond acceptors (Lipinski definition) is 6. The molecule has 0 bridgehead atoms. The van der Waals surface area contributed by atoms with Crippen LogP contribution in [0.5, 0.6) is 0 Å². The molecular weight excluding hydrogens is 350 g/mol. The zero-order valence-electron chi connectivity index (χ0n) is 14.6. The van der Waals surface area contributed by atoms with E-state index in [1.807, 2.05) is 60.7 Å². The molecule has 7 nitrogen and oxygen atoms in total. The van der Waals surface area contributed by atoms with Gasteiger partial charge in [0.15, 0.2) is 6.23 Å². The van der Waals surface area contributed by atoms with E-state index in [1.165, 1.54) is 0 Å². The number of nitrogens with one attached hydrogen (secondary N) is 1. The number of ether oxygens (including phenoxy) is 1. The standard InChI is InChI=1S/C20H23NO6/c22-11-14-16(23)17(24)18(25)20(27-14)21-19(26)15(12-7-3-1-4-8-12)13-9-5-2-6-10-13/h1-10,14-18,20,22-25H,11H2,(H,21,26)/t14-,16-,17+,18-,20-/m1/s1. The van der Waals surface area contributed by atoms with Gasteiger partial charge in [0, 0.05) is 0 Å². The number of hydrogen-bond donors (Lipinski definition) is 5. The first kappa shape index (κ1) is 19.5. The molecule has 0 unspecified atom stereocenters. The fraction of sp³-hybridized carbons (Fsp3) is 0.350. The van der Waals surface area contributed by atoms with Crippen molar-refractivity contribution in [2.75, 3.05) is 6.61 Å². The zero-order valence-corrected chi connectivity index (χ0v) is 14.6. The van der Waals surface area contributed by atoms with Crippen LogP contribution in [0.4, 0.5) is 0 Å². The fourth-order valence-corrected chi connectivity index (χ4v) is 3.23. The molecule has 0 aromatic heterocycles. The summed E-state index contributed by atoms with van der Waals surface area (Å²) < 4.78 is 5.38. The van der Waals surface area contributed by atoms with Gasteiger partial charge in [-0.25, -0.2) is 0 Å². The molecular formula is C20H23NO6. The fourth-order valence-electron chi connectivity index (χ4n) is 3.23. The van der Waals surface area contributed by atoms with Crippen LogP contribution in [0.2, 0.25) is 0 Å². The predicted molar refractivity (Wildman–Crippen MR) is 96.6 cm³/mol. The SMILES string of the molecule is O=C(N[C@@H]1O[C@H](CO)[C@@H](O)[C@H](O)[C@H]1O)C(c1ccccc1)c1ccccc1. The summed E-state index contributed by atoms with van der Waals surface area (Å²) >= 11 is 0. The molecule has 1 amide bonds. The van der Waals surface area contributed by atoms with E-state index in [2.05, 4.69) is 5.32 Å². The summed E-state index contributed by atoms with van der Waals surface area (Å²) in [4.78, 5) is 13.0. The highest BCUT2D eigenvalue weighted by Gasteiger charge is 2.44. The number of rotatable bonds is 5. The van der Waals surface area contributed by atoms with E-state index in [0.29, 0.717) is 0 Å². The number of aliphatic hydroxyl groups excluding tert-OH is 4. The molecule has 1 heterocycles.